The number of nitrogens with two attached hydrogens (primary N) is 1. The Morgan fingerprint density at radius 3 is 2.63 bits per heavy atom. The molecule has 0 atom stereocenters. The summed E-state index contributed by atoms with van der Waals surface area (Å²) in [4.78, 5) is 2.17. The van der Waals surface area contributed by atoms with E-state index in [1.54, 1.807) is 7.11 Å². The van der Waals surface area contributed by atoms with Crippen molar-refractivity contribution in [3.63, 3.8) is 0 Å². The molecule has 1 aromatic carbocycles. The number of furan rings is 1. The van der Waals surface area contributed by atoms with Crippen LogP contribution in [0.3, 0.4) is 0 Å². The summed E-state index contributed by atoms with van der Waals surface area (Å²) in [6, 6.07) is 9.72. The number of methoxy groups -OCH3 is 1. The lowest BCUT2D eigenvalue weighted by Gasteiger charge is -2.17. The molecular formula is C15H20N2O2. The van der Waals surface area contributed by atoms with Crippen LogP contribution in [0.15, 0.2) is 34.7 Å². The quantitative estimate of drug-likeness (QED) is 0.840. The van der Waals surface area contributed by atoms with E-state index in [1.165, 1.54) is 0 Å². The predicted octanol–water partition coefficient (Wildman–Crippen LogP) is 2.81. The third-order valence-corrected chi connectivity index (χ3v) is 2.97. The van der Waals surface area contributed by atoms with Gasteiger partial charge in [-0.3, -0.25) is 4.90 Å². The van der Waals surface area contributed by atoms with Crippen molar-refractivity contribution in [1.82, 2.24) is 4.90 Å². The number of nitrogen functional groups attached to an aromatic ring is 1. The van der Waals surface area contributed by atoms with Crippen molar-refractivity contribution < 1.29 is 9.15 Å². The van der Waals surface area contributed by atoms with Gasteiger partial charge in [0, 0.05) is 23.9 Å². The Labute approximate surface area is 113 Å². The summed E-state index contributed by atoms with van der Waals surface area (Å²) in [6.45, 7) is 3.50. The fraction of sp³-hybridized carbons (Fsp3) is 0.333. The lowest BCUT2D eigenvalue weighted by Crippen LogP contribution is -2.17. The van der Waals surface area contributed by atoms with Crippen LogP contribution in [0.1, 0.15) is 17.1 Å². The largest absolute Gasteiger partial charge is 0.496 e. The van der Waals surface area contributed by atoms with E-state index in [2.05, 4.69) is 4.90 Å². The van der Waals surface area contributed by atoms with E-state index in [0.29, 0.717) is 5.69 Å². The Kier molecular flexibility index (Phi) is 4.12. The van der Waals surface area contributed by atoms with Gasteiger partial charge in [0.05, 0.1) is 13.7 Å². The Morgan fingerprint density at radius 2 is 2.00 bits per heavy atom. The second-order valence-corrected chi connectivity index (χ2v) is 4.76. The molecule has 0 aliphatic carbocycles. The first-order valence-electron chi connectivity index (χ1n) is 6.24. The van der Waals surface area contributed by atoms with E-state index in [-0.39, 0.29) is 0 Å². The summed E-state index contributed by atoms with van der Waals surface area (Å²) in [5.41, 5.74) is 7.58. The second-order valence-electron chi connectivity index (χ2n) is 4.76. The fourth-order valence-electron chi connectivity index (χ4n) is 2.07. The maximum atomic E-state index is 5.75. The number of benzene rings is 1. The molecule has 0 unspecified atom stereocenters. The van der Waals surface area contributed by atoms with Gasteiger partial charge >= 0.3 is 0 Å². The van der Waals surface area contributed by atoms with Gasteiger partial charge in [-0.15, -0.1) is 0 Å². The lowest BCUT2D eigenvalue weighted by atomic mass is 10.1. The standard InChI is InChI=1S/C15H20N2O2/c1-11-4-7-14(19-11)10-17(2)9-12-5-6-13(16)8-15(12)18-3/h4-8H,9-10,16H2,1-3H3. The molecule has 0 aliphatic heterocycles. The minimum atomic E-state index is 0.713. The molecule has 1 heterocycles. The van der Waals surface area contributed by atoms with Crippen molar-refractivity contribution in [2.75, 3.05) is 19.9 Å². The Bertz CT molecular complexity index is 549. The zero-order chi connectivity index (χ0) is 13.8. The highest BCUT2D eigenvalue weighted by atomic mass is 16.5. The van der Waals surface area contributed by atoms with Gasteiger partial charge in [0.2, 0.25) is 0 Å². The van der Waals surface area contributed by atoms with Crippen LogP contribution in [0.5, 0.6) is 5.75 Å². The molecule has 4 heteroatoms. The molecule has 2 N–H and O–H groups in total. The van der Waals surface area contributed by atoms with E-state index in [0.717, 1.165) is 35.9 Å². The third kappa shape index (κ3) is 3.51. The summed E-state index contributed by atoms with van der Waals surface area (Å²) in [5.74, 6) is 2.73. The van der Waals surface area contributed by atoms with Gasteiger partial charge in [0.1, 0.15) is 17.3 Å². The zero-order valence-electron chi connectivity index (χ0n) is 11.6. The molecule has 2 aromatic rings. The van der Waals surface area contributed by atoms with Crippen molar-refractivity contribution in [2.45, 2.75) is 20.0 Å². The van der Waals surface area contributed by atoms with E-state index < -0.39 is 0 Å². The minimum absolute atomic E-state index is 0.713. The van der Waals surface area contributed by atoms with Crippen molar-refractivity contribution >= 4 is 5.69 Å². The molecule has 0 saturated carbocycles. The lowest BCUT2D eigenvalue weighted by molar-refractivity contribution is 0.280. The molecule has 0 fully saturated rings. The first-order chi connectivity index (χ1) is 9.08. The van der Waals surface area contributed by atoms with E-state index in [9.17, 15) is 0 Å². The number of hydrogen-bond acceptors (Lipinski definition) is 4. The van der Waals surface area contributed by atoms with Gasteiger partial charge in [-0.2, -0.15) is 0 Å². The van der Waals surface area contributed by atoms with Crippen LogP contribution >= 0.6 is 0 Å². The molecule has 2 rings (SSSR count). The minimum Gasteiger partial charge on any atom is -0.496 e. The molecule has 1 aromatic heterocycles. The first kappa shape index (κ1) is 13.5. The topological polar surface area (TPSA) is 51.6 Å². The maximum absolute atomic E-state index is 5.75. The van der Waals surface area contributed by atoms with Gasteiger partial charge in [-0.05, 0) is 32.2 Å². The third-order valence-electron chi connectivity index (χ3n) is 2.97. The molecule has 0 saturated heterocycles. The highest BCUT2D eigenvalue weighted by molar-refractivity contribution is 5.48. The fourth-order valence-corrected chi connectivity index (χ4v) is 2.07. The Morgan fingerprint density at radius 1 is 1.21 bits per heavy atom. The first-order valence-corrected chi connectivity index (χ1v) is 6.24. The van der Waals surface area contributed by atoms with Crippen LogP contribution in [0.4, 0.5) is 5.69 Å². The average molecular weight is 260 g/mol. The number of aryl methyl sites for hydroxylation is 1. The Hall–Kier alpha value is -1.94. The van der Waals surface area contributed by atoms with Gasteiger partial charge < -0.3 is 14.9 Å². The molecule has 102 valence electrons. The summed E-state index contributed by atoms with van der Waals surface area (Å²) < 4.78 is 10.9. The van der Waals surface area contributed by atoms with Gasteiger partial charge in [-0.25, -0.2) is 0 Å². The molecule has 0 amide bonds. The normalized spacial score (nSPS) is 10.9. The van der Waals surface area contributed by atoms with Crippen LogP contribution in [0.25, 0.3) is 0 Å². The summed E-state index contributed by atoms with van der Waals surface area (Å²) >= 11 is 0. The highest BCUT2D eigenvalue weighted by Gasteiger charge is 2.09. The van der Waals surface area contributed by atoms with Gasteiger partial charge in [0.15, 0.2) is 0 Å². The monoisotopic (exact) mass is 260 g/mol. The van der Waals surface area contributed by atoms with Crippen LogP contribution in [0, 0.1) is 6.92 Å². The number of ether oxygens (including phenoxy) is 1. The summed E-state index contributed by atoms with van der Waals surface area (Å²) in [7, 11) is 3.71. The highest BCUT2D eigenvalue weighted by Crippen LogP contribution is 2.23. The van der Waals surface area contributed by atoms with Crippen LogP contribution in [-0.4, -0.2) is 19.1 Å². The predicted molar refractivity (Wildman–Crippen MR) is 76.0 cm³/mol. The summed E-state index contributed by atoms with van der Waals surface area (Å²) in [5, 5.41) is 0. The molecular weight excluding hydrogens is 240 g/mol. The van der Waals surface area contributed by atoms with Crippen molar-refractivity contribution in [3.8, 4) is 5.75 Å². The van der Waals surface area contributed by atoms with E-state index >= 15 is 0 Å². The molecule has 4 nitrogen and oxygen atoms in total. The van der Waals surface area contributed by atoms with Gasteiger partial charge in [-0.1, -0.05) is 6.07 Å². The SMILES string of the molecule is COc1cc(N)ccc1CN(C)Cc1ccc(C)o1. The zero-order valence-corrected chi connectivity index (χ0v) is 11.6. The molecule has 0 bridgehead atoms. The number of rotatable bonds is 5. The van der Waals surface area contributed by atoms with Gasteiger partial charge in [0.25, 0.3) is 0 Å². The number of anilines is 1. The summed E-state index contributed by atoms with van der Waals surface area (Å²) in [6.07, 6.45) is 0. The van der Waals surface area contributed by atoms with E-state index in [4.69, 9.17) is 14.9 Å². The van der Waals surface area contributed by atoms with Crippen molar-refractivity contribution in [1.29, 1.82) is 0 Å². The number of nitrogens with zero attached hydrogens (tertiary/aromatic N) is 1. The van der Waals surface area contributed by atoms with Crippen LogP contribution in [-0.2, 0) is 13.1 Å². The van der Waals surface area contributed by atoms with Crippen molar-refractivity contribution in [3.05, 3.63) is 47.4 Å². The second kappa shape index (κ2) is 5.80. The molecule has 0 radical (unpaired) electrons. The van der Waals surface area contributed by atoms with Crippen LogP contribution in [0.2, 0.25) is 0 Å². The Balaban J connectivity index is 2.04. The molecule has 0 aliphatic rings. The molecule has 0 spiro atoms. The number of hydrogen-bond donors (Lipinski definition) is 1. The average Bonchev–Trinajstić information content (AvgIpc) is 2.76. The van der Waals surface area contributed by atoms with Crippen molar-refractivity contribution in [2.24, 2.45) is 0 Å². The maximum Gasteiger partial charge on any atom is 0.125 e. The van der Waals surface area contributed by atoms with E-state index in [1.807, 2.05) is 44.3 Å². The smallest absolute Gasteiger partial charge is 0.125 e. The molecule has 19 heavy (non-hydrogen) atoms. The van der Waals surface area contributed by atoms with Crippen LogP contribution < -0.4 is 10.5 Å².